The molecule has 5 rings (SSSR count). The third-order valence-electron chi connectivity index (χ3n) is 7.36. The summed E-state index contributed by atoms with van der Waals surface area (Å²) in [6.45, 7) is 4.22. The van der Waals surface area contributed by atoms with Crippen molar-refractivity contribution in [2.45, 2.75) is 57.3 Å². The number of hydrogen-bond acceptors (Lipinski definition) is 8. The van der Waals surface area contributed by atoms with Crippen molar-refractivity contribution in [1.29, 1.82) is 0 Å². The van der Waals surface area contributed by atoms with Crippen LogP contribution in [-0.4, -0.2) is 47.0 Å². The number of aryl methyl sites for hydroxylation is 1. The van der Waals surface area contributed by atoms with Gasteiger partial charge in [0.25, 0.3) is 0 Å². The number of carbonyl (C=O) groups excluding carboxylic acids is 1. The predicted molar refractivity (Wildman–Crippen MR) is 150 cm³/mol. The second-order valence-corrected chi connectivity index (χ2v) is 10.6. The molecule has 0 bridgehead atoms. The summed E-state index contributed by atoms with van der Waals surface area (Å²) >= 11 is 6.60. The van der Waals surface area contributed by atoms with E-state index >= 15 is 0 Å². The lowest BCUT2D eigenvalue weighted by molar-refractivity contribution is -0.140. The summed E-state index contributed by atoms with van der Waals surface area (Å²) < 4.78 is 24.5. The van der Waals surface area contributed by atoms with Gasteiger partial charge >= 0.3 is 5.97 Å². The van der Waals surface area contributed by atoms with Gasteiger partial charge < -0.3 is 18.6 Å². The minimum atomic E-state index is -0.289. The van der Waals surface area contributed by atoms with Gasteiger partial charge in [-0.25, -0.2) is 4.98 Å². The molecule has 2 atom stereocenters. The first-order valence-electron chi connectivity index (χ1n) is 13.3. The van der Waals surface area contributed by atoms with Gasteiger partial charge in [-0.3, -0.25) is 9.36 Å². The number of rotatable bonds is 9. The van der Waals surface area contributed by atoms with Crippen molar-refractivity contribution in [3.05, 3.63) is 82.0 Å². The number of ether oxygens (including phenoxy) is 3. The monoisotopic (exact) mass is 564 g/mol. The molecule has 0 radical (unpaired) electrons. The van der Waals surface area contributed by atoms with Gasteiger partial charge in [0.05, 0.1) is 39.6 Å². The molecule has 0 saturated carbocycles. The Balaban J connectivity index is 1.63. The average molecular weight is 565 g/mol. The Morgan fingerprint density at radius 2 is 1.95 bits per heavy atom. The van der Waals surface area contributed by atoms with Gasteiger partial charge in [0.15, 0.2) is 17.4 Å². The second kappa shape index (κ2) is 11.7. The maximum atomic E-state index is 11.6. The number of carbonyl (C=O) groups is 1. The number of benzene rings is 2. The molecule has 40 heavy (non-hydrogen) atoms. The minimum absolute atomic E-state index is 0.0979. The van der Waals surface area contributed by atoms with E-state index < -0.39 is 0 Å². The summed E-state index contributed by atoms with van der Waals surface area (Å²) in [5.74, 6) is 3.92. The Kier molecular flexibility index (Phi) is 8.12. The van der Waals surface area contributed by atoms with Gasteiger partial charge in [-0.05, 0) is 36.2 Å². The van der Waals surface area contributed by atoms with E-state index in [1.165, 1.54) is 7.11 Å². The number of halogens is 1. The van der Waals surface area contributed by atoms with Gasteiger partial charge in [0.1, 0.15) is 17.4 Å². The van der Waals surface area contributed by atoms with Crippen LogP contribution in [0.5, 0.6) is 11.5 Å². The highest BCUT2D eigenvalue weighted by atomic mass is 35.5. The minimum Gasteiger partial charge on any atom is -0.493 e. The van der Waals surface area contributed by atoms with Crippen molar-refractivity contribution in [3.8, 4) is 17.2 Å². The first-order chi connectivity index (χ1) is 19.3. The summed E-state index contributed by atoms with van der Waals surface area (Å²) in [6.07, 6.45) is 3.50. The number of fused-ring (bicyclic) bond motifs is 3. The molecule has 1 aliphatic heterocycles. The van der Waals surface area contributed by atoms with Crippen LogP contribution in [0, 0.1) is 0 Å². The van der Waals surface area contributed by atoms with Gasteiger partial charge in [-0.2, -0.15) is 0 Å². The number of para-hydroxylation sites is 1. The molecule has 0 fully saturated rings. The zero-order valence-electron chi connectivity index (χ0n) is 23.3. The van der Waals surface area contributed by atoms with E-state index in [0.717, 1.165) is 28.5 Å². The lowest BCUT2D eigenvalue weighted by Crippen LogP contribution is -2.12. The van der Waals surface area contributed by atoms with Crippen LogP contribution in [0.4, 0.5) is 0 Å². The summed E-state index contributed by atoms with van der Waals surface area (Å²) in [7, 11) is 4.67. The van der Waals surface area contributed by atoms with Crippen LogP contribution < -0.4 is 9.47 Å². The van der Waals surface area contributed by atoms with Gasteiger partial charge in [0, 0.05) is 41.2 Å². The fraction of sp³-hybridized carbons (Fsp3) is 0.400. The van der Waals surface area contributed by atoms with Crippen molar-refractivity contribution in [1.82, 2.24) is 19.7 Å². The lowest BCUT2D eigenvalue weighted by Gasteiger charge is -2.24. The highest BCUT2D eigenvalue weighted by Gasteiger charge is 2.36. The number of nitrogens with zero attached hydrogens (tertiary/aromatic N) is 4. The number of hydrogen-bond donors (Lipinski definition) is 0. The maximum Gasteiger partial charge on any atom is 0.305 e. The van der Waals surface area contributed by atoms with Crippen LogP contribution in [0.1, 0.15) is 78.9 Å². The van der Waals surface area contributed by atoms with Gasteiger partial charge in [0.2, 0.25) is 0 Å². The van der Waals surface area contributed by atoms with E-state index in [4.69, 9.17) is 35.3 Å². The summed E-state index contributed by atoms with van der Waals surface area (Å²) in [4.78, 5) is 16.2. The van der Waals surface area contributed by atoms with Crippen molar-refractivity contribution >= 4 is 17.6 Å². The Morgan fingerprint density at radius 1 is 1.12 bits per heavy atom. The zero-order chi connectivity index (χ0) is 28.4. The van der Waals surface area contributed by atoms with Crippen molar-refractivity contribution in [3.63, 3.8) is 0 Å². The van der Waals surface area contributed by atoms with Crippen LogP contribution in [0.25, 0.3) is 5.69 Å². The topological polar surface area (TPSA) is 102 Å². The highest BCUT2D eigenvalue weighted by Crippen LogP contribution is 2.48. The molecule has 3 heterocycles. The molecule has 0 amide bonds. The van der Waals surface area contributed by atoms with E-state index in [9.17, 15) is 4.79 Å². The van der Waals surface area contributed by atoms with Gasteiger partial charge in [-0.15, -0.1) is 10.2 Å². The van der Waals surface area contributed by atoms with E-state index in [2.05, 4.69) is 34.6 Å². The molecule has 0 saturated heterocycles. The van der Waals surface area contributed by atoms with Crippen molar-refractivity contribution in [2.75, 3.05) is 21.3 Å². The van der Waals surface area contributed by atoms with Crippen LogP contribution in [0.3, 0.4) is 0 Å². The molecule has 210 valence electrons. The third kappa shape index (κ3) is 5.30. The fourth-order valence-electron chi connectivity index (χ4n) is 5.47. The second-order valence-electron chi connectivity index (χ2n) is 10.2. The molecule has 0 spiro atoms. The summed E-state index contributed by atoms with van der Waals surface area (Å²) in [6, 6.07) is 11.9. The molecule has 4 aromatic rings. The van der Waals surface area contributed by atoms with Crippen LogP contribution in [-0.2, 0) is 22.4 Å². The molecule has 2 aromatic heterocycles. The fourth-order valence-corrected chi connectivity index (χ4v) is 5.65. The van der Waals surface area contributed by atoms with Crippen LogP contribution in [0.2, 0.25) is 5.02 Å². The number of oxazole rings is 1. The van der Waals surface area contributed by atoms with Crippen LogP contribution in [0.15, 0.2) is 47.0 Å². The van der Waals surface area contributed by atoms with Crippen molar-refractivity contribution < 1.29 is 23.4 Å². The Hall–Kier alpha value is -3.85. The normalized spacial score (nSPS) is 16.3. The maximum absolute atomic E-state index is 11.6. The lowest BCUT2D eigenvalue weighted by atomic mass is 9.82. The third-order valence-corrected chi connectivity index (χ3v) is 7.59. The molecule has 10 heteroatoms. The Bertz CT molecular complexity index is 1510. The van der Waals surface area contributed by atoms with Gasteiger partial charge in [-0.1, -0.05) is 37.6 Å². The van der Waals surface area contributed by atoms with E-state index in [1.807, 2.05) is 30.3 Å². The van der Waals surface area contributed by atoms with E-state index in [0.29, 0.717) is 47.4 Å². The quantitative estimate of drug-likeness (QED) is 0.228. The van der Waals surface area contributed by atoms with Crippen molar-refractivity contribution in [2.24, 2.45) is 0 Å². The standard InChI is InChI=1S/C30H33ClN4O5/c1-17(2)29-33-34-30-18(14-26-32-16-20(40-26)10-12-27(36)38-4)13-22(21-7-6-8-25(37-3)28(21)39-5)23-15-19(31)9-11-24(23)35(29)30/h6-9,11,15-18,22H,10,12-14H2,1-5H3. The van der Waals surface area contributed by atoms with E-state index in [-0.39, 0.29) is 30.1 Å². The molecule has 1 aliphatic rings. The molecule has 9 nitrogen and oxygen atoms in total. The summed E-state index contributed by atoms with van der Waals surface area (Å²) in [5.41, 5.74) is 3.03. The van der Waals surface area contributed by atoms with Crippen LogP contribution >= 0.6 is 11.6 Å². The number of aromatic nitrogens is 4. The first kappa shape index (κ1) is 27.7. The highest BCUT2D eigenvalue weighted by molar-refractivity contribution is 6.30. The van der Waals surface area contributed by atoms with E-state index in [1.54, 1.807) is 20.4 Å². The smallest absolute Gasteiger partial charge is 0.305 e. The Morgan fingerprint density at radius 3 is 2.67 bits per heavy atom. The SMILES string of the molecule is COC(=O)CCc1cnc(CC2CC(c3cccc(OC)c3OC)c3cc(Cl)ccc3-n3c(C(C)C)nnc32)o1. The molecule has 0 N–H and O–H groups in total. The largest absolute Gasteiger partial charge is 0.493 e. The molecular formula is C30H33ClN4O5. The number of esters is 1. The molecular weight excluding hydrogens is 532 g/mol. The number of methoxy groups -OCH3 is 3. The first-order valence-corrected chi connectivity index (χ1v) is 13.7. The molecule has 2 unspecified atom stereocenters. The zero-order valence-corrected chi connectivity index (χ0v) is 24.1. The summed E-state index contributed by atoms with van der Waals surface area (Å²) in [5, 5.41) is 9.97. The average Bonchev–Trinajstić information content (AvgIpc) is 3.58. The predicted octanol–water partition coefficient (Wildman–Crippen LogP) is 6.02. The Labute approximate surface area is 238 Å². The molecule has 2 aromatic carbocycles. The molecule has 0 aliphatic carbocycles.